The molecule has 2 heterocycles. The van der Waals surface area contributed by atoms with Crippen molar-refractivity contribution in [3.63, 3.8) is 0 Å². The van der Waals surface area contributed by atoms with Crippen LogP contribution in [-0.4, -0.2) is 27.2 Å². The van der Waals surface area contributed by atoms with Crippen LogP contribution >= 0.6 is 0 Å². The summed E-state index contributed by atoms with van der Waals surface area (Å²) < 4.78 is 1.63. The maximum Gasteiger partial charge on any atom is 0.260 e. The standard InChI is InChI=1S/C13H17N5O/c1-3-6-15-11-4-7-14-9-10(11)13(19)16-12-5-8-18(2)17-12/h4-5,7-9H,3,6H2,1-2H3,(H,14,15)(H,16,17,19). The summed E-state index contributed by atoms with van der Waals surface area (Å²) in [4.78, 5) is 16.2. The Morgan fingerprint density at radius 2 is 2.26 bits per heavy atom. The van der Waals surface area contributed by atoms with Gasteiger partial charge in [0.15, 0.2) is 5.82 Å². The van der Waals surface area contributed by atoms with Gasteiger partial charge in [-0.25, -0.2) is 0 Å². The maximum atomic E-state index is 12.2. The lowest BCUT2D eigenvalue weighted by molar-refractivity contribution is 0.102. The SMILES string of the molecule is CCCNc1ccncc1C(=O)Nc1ccn(C)n1. The molecule has 0 aliphatic heterocycles. The Kier molecular flexibility index (Phi) is 4.12. The highest BCUT2D eigenvalue weighted by atomic mass is 16.1. The van der Waals surface area contributed by atoms with Gasteiger partial charge in [-0.1, -0.05) is 6.92 Å². The number of carbonyl (C=O) groups excluding carboxylic acids is 1. The zero-order chi connectivity index (χ0) is 13.7. The van der Waals surface area contributed by atoms with E-state index in [4.69, 9.17) is 0 Å². The molecule has 2 N–H and O–H groups in total. The Balaban J connectivity index is 2.14. The molecule has 0 aliphatic rings. The molecule has 100 valence electrons. The number of nitrogens with zero attached hydrogens (tertiary/aromatic N) is 3. The predicted molar refractivity (Wildman–Crippen MR) is 74.2 cm³/mol. The molecule has 0 aliphatic carbocycles. The minimum atomic E-state index is -0.217. The van der Waals surface area contributed by atoms with Gasteiger partial charge in [-0.3, -0.25) is 14.5 Å². The van der Waals surface area contributed by atoms with Crippen LogP contribution < -0.4 is 10.6 Å². The van der Waals surface area contributed by atoms with Gasteiger partial charge in [0.2, 0.25) is 0 Å². The number of pyridine rings is 1. The van der Waals surface area contributed by atoms with Crippen molar-refractivity contribution in [1.29, 1.82) is 0 Å². The van der Waals surface area contributed by atoms with Crippen LogP contribution in [0.15, 0.2) is 30.7 Å². The normalized spacial score (nSPS) is 10.2. The van der Waals surface area contributed by atoms with Crippen molar-refractivity contribution < 1.29 is 4.79 Å². The monoisotopic (exact) mass is 259 g/mol. The van der Waals surface area contributed by atoms with E-state index in [1.165, 1.54) is 0 Å². The molecular formula is C13H17N5O. The zero-order valence-electron chi connectivity index (χ0n) is 11.1. The minimum absolute atomic E-state index is 0.217. The first-order valence-corrected chi connectivity index (χ1v) is 6.19. The van der Waals surface area contributed by atoms with E-state index in [9.17, 15) is 4.79 Å². The molecule has 0 saturated carbocycles. The number of aryl methyl sites for hydroxylation is 1. The fourth-order valence-electron chi connectivity index (χ4n) is 1.65. The van der Waals surface area contributed by atoms with E-state index in [0.717, 1.165) is 18.7 Å². The van der Waals surface area contributed by atoms with Crippen molar-refractivity contribution in [2.45, 2.75) is 13.3 Å². The van der Waals surface area contributed by atoms with Crippen LogP contribution in [0.3, 0.4) is 0 Å². The molecule has 2 rings (SSSR count). The van der Waals surface area contributed by atoms with Crippen molar-refractivity contribution in [1.82, 2.24) is 14.8 Å². The average molecular weight is 259 g/mol. The number of aromatic nitrogens is 3. The Morgan fingerprint density at radius 1 is 1.42 bits per heavy atom. The van der Waals surface area contributed by atoms with Crippen LogP contribution in [0.1, 0.15) is 23.7 Å². The highest BCUT2D eigenvalue weighted by Gasteiger charge is 2.12. The number of nitrogens with one attached hydrogen (secondary N) is 2. The highest BCUT2D eigenvalue weighted by Crippen LogP contribution is 2.15. The van der Waals surface area contributed by atoms with Gasteiger partial charge >= 0.3 is 0 Å². The predicted octanol–water partition coefficient (Wildman–Crippen LogP) is 1.89. The van der Waals surface area contributed by atoms with Gasteiger partial charge in [0, 0.05) is 38.2 Å². The number of anilines is 2. The first-order chi connectivity index (χ1) is 9.20. The van der Waals surface area contributed by atoms with Gasteiger partial charge in [-0.2, -0.15) is 5.10 Å². The van der Waals surface area contributed by atoms with Crippen molar-refractivity contribution in [2.75, 3.05) is 17.2 Å². The van der Waals surface area contributed by atoms with E-state index in [0.29, 0.717) is 11.4 Å². The van der Waals surface area contributed by atoms with Gasteiger partial charge in [0.25, 0.3) is 5.91 Å². The van der Waals surface area contributed by atoms with Gasteiger partial charge < -0.3 is 10.6 Å². The van der Waals surface area contributed by atoms with Crippen molar-refractivity contribution in [3.05, 3.63) is 36.3 Å². The number of hydrogen-bond donors (Lipinski definition) is 2. The lowest BCUT2D eigenvalue weighted by Gasteiger charge is -2.10. The molecule has 2 aromatic heterocycles. The second kappa shape index (κ2) is 5.99. The average Bonchev–Trinajstić information content (AvgIpc) is 2.82. The van der Waals surface area contributed by atoms with Crippen molar-refractivity contribution in [3.8, 4) is 0 Å². The molecule has 0 bridgehead atoms. The van der Waals surface area contributed by atoms with Crippen LogP contribution in [0.25, 0.3) is 0 Å². The lowest BCUT2D eigenvalue weighted by atomic mass is 10.2. The molecule has 19 heavy (non-hydrogen) atoms. The largest absolute Gasteiger partial charge is 0.384 e. The molecule has 0 aromatic carbocycles. The van der Waals surface area contributed by atoms with Crippen molar-refractivity contribution >= 4 is 17.4 Å². The Bertz CT molecular complexity index is 564. The summed E-state index contributed by atoms with van der Waals surface area (Å²) in [5.74, 6) is 0.309. The molecule has 0 radical (unpaired) electrons. The van der Waals surface area contributed by atoms with Crippen LogP contribution in [0.2, 0.25) is 0 Å². The first kappa shape index (κ1) is 13.1. The lowest BCUT2D eigenvalue weighted by Crippen LogP contribution is -2.16. The molecule has 0 saturated heterocycles. The fraction of sp³-hybridized carbons (Fsp3) is 0.308. The first-order valence-electron chi connectivity index (χ1n) is 6.19. The molecule has 0 atom stereocenters. The Hall–Kier alpha value is -2.37. The topological polar surface area (TPSA) is 71.8 Å². The maximum absolute atomic E-state index is 12.2. The molecular weight excluding hydrogens is 242 g/mol. The van der Waals surface area contributed by atoms with E-state index in [1.807, 2.05) is 0 Å². The molecule has 2 aromatic rings. The van der Waals surface area contributed by atoms with E-state index in [1.54, 1.807) is 42.5 Å². The third kappa shape index (κ3) is 3.31. The number of hydrogen-bond acceptors (Lipinski definition) is 4. The smallest absolute Gasteiger partial charge is 0.260 e. The summed E-state index contributed by atoms with van der Waals surface area (Å²) in [6, 6.07) is 3.54. The highest BCUT2D eigenvalue weighted by molar-refractivity contribution is 6.07. The summed E-state index contributed by atoms with van der Waals surface area (Å²) in [5, 5.41) is 10.1. The van der Waals surface area contributed by atoms with Gasteiger partial charge in [0.1, 0.15) is 0 Å². The fourth-order valence-corrected chi connectivity index (χ4v) is 1.65. The van der Waals surface area contributed by atoms with E-state index in [-0.39, 0.29) is 5.91 Å². The van der Waals surface area contributed by atoms with Crippen LogP contribution in [-0.2, 0) is 7.05 Å². The molecule has 6 nitrogen and oxygen atoms in total. The van der Waals surface area contributed by atoms with E-state index in [2.05, 4.69) is 27.6 Å². The molecule has 0 unspecified atom stereocenters. The molecule has 0 spiro atoms. The third-order valence-electron chi connectivity index (χ3n) is 2.59. The third-order valence-corrected chi connectivity index (χ3v) is 2.59. The Morgan fingerprint density at radius 3 is 2.95 bits per heavy atom. The minimum Gasteiger partial charge on any atom is -0.384 e. The van der Waals surface area contributed by atoms with Crippen LogP contribution in [0, 0.1) is 0 Å². The molecule has 1 amide bonds. The van der Waals surface area contributed by atoms with Crippen LogP contribution in [0.4, 0.5) is 11.5 Å². The number of amides is 1. The van der Waals surface area contributed by atoms with E-state index >= 15 is 0 Å². The number of carbonyl (C=O) groups is 1. The quantitative estimate of drug-likeness (QED) is 0.860. The van der Waals surface area contributed by atoms with Gasteiger partial charge in [-0.05, 0) is 12.5 Å². The number of rotatable bonds is 5. The van der Waals surface area contributed by atoms with Gasteiger partial charge in [-0.15, -0.1) is 0 Å². The van der Waals surface area contributed by atoms with Crippen molar-refractivity contribution in [2.24, 2.45) is 7.05 Å². The summed E-state index contributed by atoms with van der Waals surface area (Å²) >= 11 is 0. The van der Waals surface area contributed by atoms with Crippen LogP contribution in [0.5, 0.6) is 0 Å². The van der Waals surface area contributed by atoms with Gasteiger partial charge in [0.05, 0.1) is 11.3 Å². The molecule has 0 fully saturated rings. The summed E-state index contributed by atoms with van der Waals surface area (Å²) in [6.45, 7) is 2.88. The summed E-state index contributed by atoms with van der Waals surface area (Å²) in [7, 11) is 1.80. The second-order valence-corrected chi connectivity index (χ2v) is 4.18. The summed E-state index contributed by atoms with van der Waals surface area (Å²) in [6.07, 6.45) is 5.98. The second-order valence-electron chi connectivity index (χ2n) is 4.18. The Labute approximate surface area is 111 Å². The summed E-state index contributed by atoms with van der Waals surface area (Å²) in [5.41, 5.74) is 1.30. The zero-order valence-corrected chi connectivity index (χ0v) is 11.1. The van der Waals surface area contributed by atoms with E-state index < -0.39 is 0 Å². The molecule has 6 heteroatoms.